The van der Waals surface area contributed by atoms with Crippen LogP contribution in [0.4, 0.5) is 0 Å². The van der Waals surface area contributed by atoms with Crippen LogP contribution in [0.2, 0.25) is 0 Å². The molecule has 4 nitrogen and oxygen atoms in total. The van der Waals surface area contributed by atoms with Gasteiger partial charge in [-0.2, -0.15) is 0 Å². The van der Waals surface area contributed by atoms with Gasteiger partial charge in [0.1, 0.15) is 0 Å². The number of thioether (sulfide) groups is 1. The predicted molar refractivity (Wildman–Crippen MR) is 78.3 cm³/mol. The number of hydrogen-bond donors (Lipinski definition) is 0. The molecule has 2 aliphatic heterocycles. The predicted octanol–water partition coefficient (Wildman–Crippen LogP) is 1.75. The van der Waals surface area contributed by atoms with Crippen LogP contribution in [0.25, 0.3) is 0 Å². The molecular weight excluding hydrogens is 264 g/mol. The van der Waals surface area contributed by atoms with Crippen molar-refractivity contribution < 1.29 is 0 Å². The highest BCUT2D eigenvalue weighted by Gasteiger charge is 2.24. The summed E-state index contributed by atoms with van der Waals surface area (Å²) in [4.78, 5) is 13.9. The molecule has 2 aliphatic rings. The van der Waals surface area contributed by atoms with Gasteiger partial charge in [-0.25, -0.2) is 4.98 Å². The Hall–Kier alpha value is -0.590. The quantitative estimate of drug-likeness (QED) is 0.827. The summed E-state index contributed by atoms with van der Waals surface area (Å²) in [6.45, 7) is 8.66. The van der Waals surface area contributed by atoms with Crippen LogP contribution in [0.1, 0.15) is 12.6 Å². The van der Waals surface area contributed by atoms with Gasteiger partial charge in [-0.15, -0.1) is 11.3 Å². The Balaban J connectivity index is 1.49. The Morgan fingerprint density at radius 3 is 2.78 bits per heavy atom. The van der Waals surface area contributed by atoms with Crippen molar-refractivity contribution in [3.63, 3.8) is 0 Å². The molecule has 3 heterocycles. The zero-order valence-corrected chi connectivity index (χ0v) is 12.2. The third-order valence-corrected chi connectivity index (χ3v) is 5.09. The van der Waals surface area contributed by atoms with E-state index in [4.69, 9.17) is 0 Å². The first-order valence-corrected chi connectivity index (χ1v) is 8.19. The second-order valence-corrected chi connectivity index (χ2v) is 6.92. The Kier molecular flexibility index (Phi) is 3.86. The van der Waals surface area contributed by atoms with Gasteiger partial charge in [-0.3, -0.25) is 9.89 Å². The maximum atomic E-state index is 4.62. The monoisotopic (exact) mass is 282 g/mol. The van der Waals surface area contributed by atoms with Gasteiger partial charge in [0.25, 0.3) is 0 Å². The molecule has 3 rings (SSSR count). The molecule has 0 saturated carbocycles. The van der Waals surface area contributed by atoms with Crippen LogP contribution in [0.5, 0.6) is 0 Å². The molecular formula is C12H18N4S2. The number of nitrogens with zero attached hydrogens (tertiary/aromatic N) is 4. The van der Waals surface area contributed by atoms with E-state index in [0.29, 0.717) is 5.25 Å². The second kappa shape index (κ2) is 5.59. The van der Waals surface area contributed by atoms with Crippen molar-refractivity contribution in [1.82, 2.24) is 14.8 Å². The fourth-order valence-corrected chi connectivity index (χ4v) is 3.82. The smallest absolute Gasteiger partial charge is 0.159 e. The lowest BCUT2D eigenvalue weighted by Crippen LogP contribution is -2.47. The lowest BCUT2D eigenvalue weighted by atomic mass is 10.3. The lowest BCUT2D eigenvalue weighted by molar-refractivity contribution is 0.176. The summed E-state index contributed by atoms with van der Waals surface area (Å²) in [6, 6.07) is 0. The molecule has 0 N–H and O–H groups in total. The third-order valence-electron chi connectivity index (χ3n) is 3.30. The van der Waals surface area contributed by atoms with E-state index in [1.165, 1.54) is 10.9 Å². The number of thiazole rings is 1. The Morgan fingerprint density at radius 2 is 2.17 bits per heavy atom. The molecule has 0 bridgehead atoms. The van der Waals surface area contributed by atoms with E-state index >= 15 is 0 Å². The normalized spacial score (nSPS) is 25.5. The minimum Gasteiger partial charge on any atom is -0.349 e. The van der Waals surface area contributed by atoms with E-state index in [9.17, 15) is 0 Å². The van der Waals surface area contributed by atoms with Crippen LogP contribution in [0.3, 0.4) is 0 Å². The highest BCUT2D eigenvalue weighted by atomic mass is 32.2. The van der Waals surface area contributed by atoms with E-state index in [1.54, 1.807) is 11.3 Å². The number of aromatic nitrogens is 1. The van der Waals surface area contributed by atoms with Gasteiger partial charge in [0.2, 0.25) is 0 Å². The molecule has 6 heteroatoms. The van der Waals surface area contributed by atoms with Crippen LogP contribution in [0, 0.1) is 0 Å². The van der Waals surface area contributed by atoms with Crippen molar-refractivity contribution in [3.05, 3.63) is 16.6 Å². The fraction of sp³-hybridized carbons (Fsp3) is 0.667. The summed E-state index contributed by atoms with van der Waals surface area (Å²) in [7, 11) is 0. The van der Waals surface area contributed by atoms with E-state index in [0.717, 1.165) is 39.3 Å². The number of aliphatic imine (C=N–C) groups is 1. The summed E-state index contributed by atoms with van der Waals surface area (Å²) < 4.78 is 0. The number of amidine groups is 1. The van der Waals surface area contributed by atoms with Crippen LogP contribution in [-0.2, 0) is 6.54 Å². The topological polar surface area (TPSA) is 31.7 Å². The summed E-state index contributed by atoms with van der Waals surface area (Å²) in [5, 5.41) is 4.06. The Labute approximate surface area is 116 Å². The average Bonchev–Trinajstić information content (AvgIpc) is 3.02. The van der Waals surface area contributed by atoms with Gasteiger partial charge >= 0.3 is 0 Å². The maximum Gasteiger partial charge on any atom is 0.159 e. The van der Waals surface area contributed by atoms with Crippen LogP contribution in [-0.4, -0.2) is 57.9 Å². The number of piperazine rings is 1. The largest absolute Gasteiger partial charge is 0.349 e. The first-order chi connectivity index (χ1) is 8.81. The maximum absolute atomic E-state index is 4.62. The second-order valence-electron chi connectivity index (χ2n) is 4.79. The van der Waals surface area contributed by atoms with E-state index in [-0.39, 0.29) is 0 Å². The first-order valence-electron chi connectivity index (χ1n) is 6.37. The van der Waals surface area contributed by atoms with Crippen molar-refractivity contribution in [2.24, 2.45) is 4.99 Å². The molecule has 98 valence electrons. The van der Waals surface area contributed by atoms with Gasteiger partial charge in [-0.05, 0) is 0 Å². The molecule has 0 spiro atoms. The van der Waals surface area contributed by atoms with Crippen LogP contribution < -0.4 is 0 Å². The SMILES string of the molecule is C[C@H]1CN=C(N2CCN(Cc3cscn3)CC2)S1. The zero-order valence-electron chi connectivity index (χ0n) is 10.6. The molecule has 1 aromatic heterocycles. The van der Waals surface area contributed by atoms with Gasteiger partial charge in [0.05, 0.1) is 17.7 Å². The molecule has 0 unspecified atom stereocenters. The Morgan fingerprint density at radius 1 is 1.33 bits per heavy atom. The molecule has 0 radical (unpaired) electrons. The fourth-order valence-electron chi connectivity index (χ4n) is 2.28. The average molecular weight is 282 g/mol. The molecule has 0 aromatic carbocycles. The van der Waals surface area contributed by atoms with Gasteiger partial charge in [-0.1, -0.05) is 18.7 Å². The van der Waals surface area contributed by atoms with E-state index in [2.05, 4.69) is 32.1 Å². The number of rotatable bonds is 2. The summed E-state index contributed by atoms with van der Waals surface area (Å²) in [6.07, 6.45) is 0. The minimum atomic E-state index is 0.660. The highest BCUT2D eigenvalue weighted by molar-refractivity contribution is 8.14. The van der Waals surface area contributed by atoms with Crippen molar-refractivity contribution >= 4 is 28.3 Å². The molecule has 1 atom stereocenters. The third kappa shape index (κ3) is 2.87. The highest BCUT2D eigenvalue weighted by Crippen LogP contribution is 2.23. The molecule has 1 fully saturated rings. The van der Waals surface area contributed by atoms with Crippen molar-refractivity contribution in [2.75, 3.05) is 32.7 Å². The minimum absolute atomic E-state index is 0.660. The number of hydrogen-bond acceptors (Lipinski definition) is 6. The van der Waals surface area contributed by atoms with E-state index in [1.807, 2.05) is 17.3 Å². The first kappa shape index (κ1) is 12.4. The lowest BCUT2D eigenvalue weighted by Gasteiger charge is -2.35. The van der Waals surface area contributed by atoms with Gasteiger partial charge in [0.15, 0.2) is 5.17 Å². The zero-order chi connectivity index (χ0) is 12.4. The molecule has 0 amide bonds. The summed E-state index contributed by atoms with van der Waals surface area (Å²) in [5.41, 5.74) is 3.12. The molecule has 1 saturated heterocycles. The van der Waals surface area contributed by atoms with Gasteiger partial charge < -0.3 is 4.90 Å². The van der Waals surface area contributed by atoms with E-state index < -0.39 is 0 Å². The molecule has 1 aromatic rings. The van der Waals surface area contributed by atoms with Crippen LogP contribution in [0.15, 0.2) is 15.9 Å². The summed E-state index contributed by atoms with van der Waals surface area (Å²) >= 11 is 3.60. The van der Waals surface area contributed by atoms with Crippen molar-refractivity contribution in [3.8, 4) is 0 Å². The van der Waals surface area contributed by atoms with Crippen LogP contribution >= 0.6 is 23.1 Å². The Bertz CT molecular complexity index is 410. The van der Waals surface area contributed by atoms with Crippen molar-refractivity contribution in [2.45, 2.75) is 18.7 Å². The standard InChI is InChI=1S/C12H18N4S2/c1-10-6-13-12(18-10)16-4-2-15(3-5-16)7-11-8-17-9-14-11/h8-10H,2-7H2,1H3/t10-/m0/s1. The molecule has 18 heavy (non-hydrogen) atoms. The van der Waals surface area contributed by atoms with Crippen molar-refractivity contribution in [1.29, 1.82) is 0 Å². The molecule has 0 aliphatic carbocycles. The summed E-state index contributed by atoms with van der Waals surface area (Å²) in [5.74, 6) is 0. The van der Waals surface area contributed by atoms with Gasteiger partial charge in [0, 0.05) is 43.4 Å².